The summed E-state index contributed by atoms with van der Waals surface area (Å²) in [4.78, 5) is 47.7. The molecule has 1 aliphatic heterocycles. The average molecular weight is 336 g/mol. The first-order chi connectivity index (χ1) is 8.83. The van der Waals surface area contributed by atoms with E-state index in [0.29, 0.717) is 0 Å². The SMILES string of the molecule is CCCCN1C=CN(C)C1.O=P(O)(O)O.O=P(O)(O)O. The molecule has 6 N–H and O–H groups in total. The Kier molecular flexibility index (Phi) is 11.3. The van der Waals surface area contributed by atoms with Crippen molar-refractivity contribution in [2.24, 2.45) is 0 Å². The zero-order valence-corrected chi connectivity index (χ0v) is 13.1. The summed E-state index contributed by atoms with van der Waals surface area (Å²) in [6.45, 7) is 4.50. The highest BCUT2D eigenvalue weighted by Crippen LogP contribution is 2.26. The molecule has 0 fully saturated rings. The lowest BCUT2D eigenvalue weighted by Crippen LogP contribution is -2.23. The lowest BCUT2D eigenvalue weighted by Gasteiger charge is -2.17. The van der Waals surface area contributed by atoms with Gasteiger partial charge in [-0.3, -0.25) is 0 Å². The predicted molar refractivity (Wildman–Crippen MR) is 71.9 cm³/mol. The van der Waals surface area contributed by atoms with Gasteiger partial charge in [-0.05, 0) is 6.42 Å². The van der Waals surface area contributed by atoms with E-state index in [1.54, 1.807) is 0 Å². The Morgan fingerprint density at radius 2 is 1.40 bits per heavy atom. The van der Waals surface area contributed by atoms with Gasteiger partial charge in [-0.25, -0.2) is 9.13 Å². The van der Waals surface area contributed by atoms with Gasteiger partial charge in [-0.15, -0.1) is 0 Å². The van der Waals surface area contributed by atoms with Crippen molar-refractivity contribution in [3.8, 4) is 0 Å². The maximum atomic E-state index is 8.88. The highest BCUT2D eigenvalue weighted by molar-refractivity contribution is 7.45. The van der Waals surface area contributed by atoms with Crippen LogP contribution < -0.4 is 0 Å². The van der Waals surface area contributed by atoms with Gasteiger partial charge in [0.25, 0.3) is 0 Å². The van der Waals surface area contributed by atoms with Crippen LogP contribution in [0.2, 0.25) is 0 Å². The van der Waals surface area contributed by atoms with Gasteiger partial charge in [-0.1, -0.05) is 13.3 Å². The molecule has 0 atom stereocenters. The van der Waals surface area contributed by atoms with Crippen molar-refractivity contribution in [1.29, 1.82) is 0 Å². The zero-order chi connectivity index (χ0) is 16.4. The smallest absolute Gasteiger partial charge is 0.362 e. The lowest BCUT2D eigenvalue weighted by atomic mass is 10.3. The third-order valence-electron chi connectivity index (χ3n) is 1.74. The van der Waals surface area contributed by atoms with E-state index >= 15 is 0 Å². The highest BCUT2D eigenvalue weighted by atomic mass is 31.2. The number of nitrogens with zero attached hydrogens (tertiary/aromatic N) is 2. The Bertz CT molecular complexity index is 329. The van der Waals surface area contributed by atoms with E-state index in [1.807, 2.05) is 0 Å². The molecule has 0 saturated heterocycles. The fourth-order valence-corrected chi connectivity index (χ4v) is 1.10. The van der Waals surface area contributed by atoms with Gasteiger partial charge in [-0.2, -0.15) is 0 Å². The standard InChI is InChI=1S/C8H16N2.2H3O4P/c1-3-4-5-10-7-6-9(2)8-10;2*1-5(2,3)4/h6-7H,3-5,8H2,1-2H3;2*(H3,1,2,3,4). The van der Waals surface area contributed by atoms with Gasteiger partial charge in [0.2, 0.25) is 0 Å². The van der Waals surface area contributed by atoms with Crippen molar-refractivity contribution < 1.29 is 38.5 Å². The van der Waals surface area contributed by atoms with E-state index in [9.17, 15) is 0 Å². The minimum atomic E-state index is -4.64. The fourth-order valence-electron chi connectivity index (χ4n) is 1.10. The third kappa shape index (κ3) is 30.5. The molecular weight excluding hydrogens is 314 g/mol. The predicted octanol–water partition coefficient (Wildman–Crippen LogP) is -0.395. The Morgan fingerprint density at radius 1 is 1.00 bits per heavy atom. The molecule has 0 bridgehead atoms. The third-order valence-corrected chi connectivity index (χ3v) is 1.74. The average Bonchev–Trinajstić information content (AvgIpc) is 2.56. The minimum absolute atomic E-state index is 1.07. The van der Waals surface area contributed by atoms with Crippen LogP contribution in [0, 0.1) is 0 Å². The fraction of sp³-hybridized carbons (Fsp3) is 0.750. The first-order valence-corrected chi connectivity index (χ1v) is 8.65. The van der Waals surface area contributed by atoms with E-state index in [1.165, 1.54) is 19.4 Å². The quantitative estimate of drug-likeness (QED) is 0.374. The van der Waals surface area contributed by atoms with Gasteiger partial charge in [0.15, 0.2) is 0 Å². The maximum absolute atomic E-state index is 8.88. The molecule has 1 rings (SSSR count). The van der Waals surface area contributed by atoms with Crippen molar-refractivity contribution in [3.63, 3.8) is 0 Å². The molecule has 122 valence electrons. The summed E-state index contributed by atoms with van der Waals surface area (Å²) in [7, 11) is -7.18. The van der Waals surface area contributed by atoms with Crippen LogP contribution in [0.3, 0.4) is 0 Å². The molecule has 0 aromatic rings. The van der Waals surface area contributed by atoms with E-state index in [2.05, 4.69) is 36.2 Å². The number of phosphoric acid groups is 2. The van der Waals surface area contributed by atoms with Crippen molar-refractivity contribution >= 4 is 15.6 Å². The van der Waals surface area contributed by atoms with Crippen LogP contribution in [-0.2, 0) is 9.13 Å². The van der Waals surface area contributed by atoms with Gasteiger partial charge in [0.05, 0.1) is 6.67 Å². The Morgan fingerprint density at radius 3 is 1.65 bits per heavy atom. The van der Waals surface area contributed by atoms with Gasteiger partial charge in [0, 0.05) is 26.0 Å². The van der Waals surface area contributed by atoms with Crippen molar-refractivity contribution in [3.05, 3.63) is 12.4 Å². The summed E-state index contributed by atoms with van der Waals surface area (Å²) in [5.74, 6) is 0. The summed E-state index contributed by atoms with van der Waals surface area (Å²) >= 11 is 0. The zero-order valence-electron chi connectivity index (χ0n) is 11.3. The highest BCUT2D eigenvalue weighted by Gasteiger charge is 2.05. The first-order valence-electron chi connectivity index (χ1n) is 5.52. The Hall–Kier alpha value is -0.440. The molecule has 1 heterocycles. The minimum Gasteiger partial charge on any atom is -0.362 e. The molecule has 0 radical (unpaired) electrons. The van der Waals surface area contributed by atoms with E-state index < -0.39 is 15.6 Å². The number of rotatable bonds is 3. The molecule has 0 aromatic heterocycles. The first kappa shape index (κ1) is 21.9. The molecule has 10 nitrogen and oxygen atoms in total. The van der Waals surface area contributed by atoms with Crippen LogP contribution in [0.4, 0.5) is 0 Å². The van der Waals surface area contributed by atoms with E-state index in [4.69, 9.17) is 38.5 Å². The second-order valence-corrected chi connectivity index (χ2v) is 5.94. The monoisotopic (exact) mass is 336 g/mol. The second kappa shape index (κ2) is 10.3. The van der Waals surface area contributed by atoms with Crippen LogP contribution in [-0.4, -0.2) is 59.4 Å². The molecule has 20 heavy (non-hydrogen) atoms. The largest absolute Gasteiger partial charge is 0.466 e. The lowest BCUT2D eigenvalue weighted by molar-refractivity contribution is 0.272. The topological polar surface area (TPSA) is 162 Å². The molecule has 0 saturated carbocycles. The molecule has 0 aliphatic carbocycles. The molecule has 0 unspecified atom stereocenters. The van der Waals surface area contributed by atoms with Gasteiger partial charge < -0.3 is 39.2 Å². The molecular formula is C8H22N2O8P2. The number of hydrogen-bond donors (Lipinski definition) is 6. The van der Waals surface area contributed by atoms with Crippen LogP contribution in [0.25, 0.3) is 0 Å². The number of hydrogen-bond acceptors (Lipinski definition) is 4. The molecule has 0 amide bonds. The normalized spacial score (nSPS) is 14.4. The van der Waals surface area contributed by atoms with Gasteiger partial charge in [0.1, 0.15) is 0 Å². The maximum Gasteiger partial charge on any atom is 0.466 e. The summed E-state index contributed by atoms with van der Waals surface area (Å²) in [5, 5.41) is 0. The van der Waals surface area contributed by atoms with E-state index in [0.717, 1.165) is 6.67 Å². The summed E-state index contributed by atoms with van der Waals surface area (Å²) in [5.41, 5.74) is 0. The van der Waals surface area contributed by atoms with Crippen LogP contribution >= 0.6 is 15.6 Å². The number of unbranched alkanes of at least 4 members (excludes halogenated alkanes) is 1. The molecule has 0 aromatic carbocycles. The summed E-state index contributed by atoms with van der Waals surface area (Å²) in [6, 6.07) is 0. The van der Waals surface area contributed by atoms with Crippen LogP contribution in [0.1, 0.15) is 19.8 Å². The molecule has 0 spiro atoms. The molecule has 1 aliphatic rings. The van der Waals surface area contributed by atoms with Crippen LogP contribution in [0.15, 0.2) is 12.4 Å². The van der Waals surface area contributed by atoms with Gasteiger partial charge >= 0.3 is 15.6 Å². The van der Waals surface area contributed by atoms with Crippen molar-refractivity contribution in [2.45, 2.75) is 19.8 Å². The Balaban J connectivity index is 0. The summed E-state index contributed by atoms with van der Waals surface area (Å²) < 4.78 is 17.8. The summed E-state index contributed by atoms with van der Waals surface area (Å²) in [6.07, 6.45) is 6.87. The van der Waals surface area contributed by atoms with E-state index in [-0.39, 0.29) is 0 Å². The molecule has 12 heteroatoms. The van der Waals surface area contributed by atoms with Crippen LogP contribution in [0.5, 0.6) is 0 Å². The van der Waals surface area contributed by atoms with Crippen molar-refractivity contribution in [2.75, 3.05) is 20.3 Å². The Labute approximate surface area is 117 Å². The van der Waals surface area contributed by atoms with Crippen molar-refractivity contribution in [1.82, 2.24) is 9.80 Å². The second-order valence-electron chi connectivity index (χ2n) is 3.89.